The van der Waals surface area contributed by atoms with Crippen molar-refractivity contribution in [1.29, 1.82) is 0 Å². The summed E-state index contributed by atoms with van der Waals surface area (Å²) in [6.07, 6.45) is -3.55. The molecule has 1 unspecified atom stereocenters. The van der Waals surface area contributed by atoms with Crippen molar-refractivity contribution in [2.45, 2.75) is 25.6 Å². The zero-order chi connectivity index (χ0) is 20.6. The van der Waals surface area contributed by atoms with Gasteiger partial charge in [0.05, 0.1) is 13.1 Å². The maximum Gasteiger partial charge on any atom is 0.401 e. The Hall–Kier alpha value is -1.76. The molecule has 1 saturated heterocycles. The van der Waals surface area contributed by atoms with Crippen molar-refractivity contribution in [3.8, 4) is 5.75 Å². The first-order valence-electron chi connectivity index (χ1n) is 9.02. The fourth-order valence-corrected chi connectivity index (χ4v) is 2.94. The van der Waals surface area contributed by atoms with Gasteiger partial charge >= 0.3 is 6.18 Å². The second-order valence-corrected chi connectivity index (χ2v) is 6.54. The second kappa shape index (κ2) is 12.1. The highest BCUT2D eigenvalue weighted by Gasteiger charge is 2.34. The molecule has 0 aliphatic carbocycles. The molecule has 164 valence electrons. The van der Waals surface area contributed by atoms with E-state index in [0.717, 1.165) is 0 Å². The van der Waals surface area contributed by atoms with Gasteiger partial charge in [0.15, 0.2) is 5.96 Å². The average molecular weight is 529 g/mol. The van der Waals surface area contributed by atoms with Crippen molar-refractivity contribution in [3.05, 3.63) is 24.3 Å². The highest BCUT2D eigenvalue weighted by Crippen LogP contribution is 2.20. The number of amides is 1. The molecular formula is C18H27F3IN5O2. The molecule has 3 N–H and O–H groups in total. The van der Waals surface area contributed by atoms with Crippen LogP contribution in [0.1, 0.15) is 13.3 Å². The van der Waals surface area contributed by atoms with Crippen LogP contribution >= 0.6 is 24.0 Å². The molecule has 7 nitrogen and oxygen atoms in total. The fraction of sp³-hybridized carbons (Fsp3) is 0.556. The Morgan fingerprint density at radius 1 is 1.38 bits per heavy atom. The van der Waals surface area contributed by atoms with Gasteiger partial charge in [0.2, 0.25) is 5.91 Å². The van der Waals surface area contributed by atoms with Crippen molar-refractivity contribution < 1.29 is 22.7 Å². The van der Waals surface area contributed by atoms with Crippen molar-refractivity contribution in [2.24, 2.45) is 4.99 Å². The standard InChI is InChI=1S/C18H26F3N5O2.HI/c1-13(27)24-14-4-3-5-16(10-14)28-9-7-23-17(22-2)25-15-6-8-26(11-15)12-18(19,20)21;/h3-5,10,15H,6-9,11-12H2,1-2H3,(H,24,27)(H2,22,23,25);1H. The lowest BCUT2D eigenvalue weighted by Crippen LogP contribution is -2.46. The molecule has 0 radical (unpaired) electrons. The van der Waals surface area contributed by atoms with Crippen molar-refractivity contribution in [1.82, 2.24) is 15.5 Å². The van der Waals surface area contributed by atoms with E-state index in [4.69, 9.17) is 4.74 Å². The number of anilines is 1. The number of hydrogen-bond donors (Lipinski definition) is 3. The van der Waals surface area contributed by atoms with Gasteiger partial charge in [-0.05, 0) is 18.6 Å². The first-order valence-corrected chi connectivity index (χ1v) is 9.02. The molecule has 1 fully saturated rings. The van der Waals surface area contributed by atoms with E-state index in [1.807, 2.05) is 0 Å². The normalized spacial score (nSPS) is 17.4. The van der Waals surface area contributed by atoms with E-state index in [1.54, 1.807) is 31.3 Å². The molecule has 0 saturated carbocycles. The number of nitrogens with one attached hydrogen (secondary N) is 3. The molecule has 1 aromatic carbocycles. The second-order valence-electron chi connectivity index (χ2n) is 6.54. The van der Waals surface area contributed by atoms with E-state index in [-0.39, 0.29) is 35.9 Å². The van der Waals surface area contributed by atoms with Gasteiger partial charge in [0.25, 0.3) is 0 Å². The Labute approximate surface area is 185 Å². The summed E-state index contributed by atoms with van der Waals surface area (Å²) >= 11 is 0. The molecule has 0 spiro atoms. The largest absolute Gasteiger partial charge is 0.492 e. The number of benzene rings is 1. The zero-order valence-corrected chi connectivity index (χ0v) is 18.7. The van der Waals surface area contributed by atoms with Crippen molar-refractivity contribution in [3.63, 3.8) is 0 Å². The predicted molar refractivity (Wildman–Crippen MR) is 117 cm³/mol. The number of nitrogens with zero attached hydrogens (tertiary/aromatic N) is 2. The molecule has 0 bridgehead atoms. The molecule has 11 heteroatoms. The molecular weight excluding hydrogens is 502 g/mol. The van der Waals surface area contributed by atoms with Gasteiger partial charge in [-0.15, -0.1) is 24.0 Å². The van der Waals surface area contributed by atoms with Crippen LogP contribution in [0.4, 0.5) is 18.9 Å². The summed E-state index contributed by atoms with van der Waals surface area (Å²) in [4.78, 5) is 16.6. The number of ether oxygens (including phenoxy) is 1. The van der Waals surface area contributed by atoms with Crippen LogP contribution in [-0.2, 0) is 4.79 Å². The van der Waals surface area contributed by atoms with Gasteiger partial charge in [-0.1, -0.05) is 6.07 Å². The summed E-state index contributed by atoms with van der Waals surface area (Å²) in [5.74, 6) is 0.985. The smallest absolute Gasteiger partial charge is 0.401 e. The van der Waals surface area contributed by atoms with Gasteiger partial charge in [-0.2, -0.15) is 13.2 Å². The maximum absolute atomic E-state index is 12.5. The topological polar surface area (TPSA) is 78.0 Å². The van der Waals surface area contributed by atoms with Crippen LogP contribution in [0.3, 0.4) is 0 Å². The average Bonchev–Trinajstić information content (AvgIpc) is 3.02. The van der Waals surface area contributed by atoms with Crippen LogP contribution in [0.5, 0.6) is 5.75 Å². The summed E-state index contributed by atoms with van der Waals surface area (Å²) in [6, 6.07) is 6.97. The van der Waals surface area contributed by atoms with E-state index in [0.29, 0.717) is 50.1 Å². The summed E-state index contributed by atoms with van der Waals surface area (Å²) in [5.41, 5.74) is 0.653. The maximum atomic E-state index is 12.5. The van der Waals surface area contributed by atoms with Gasteiger partial charge < -0.3 is 20.7 Å². The van der Waals surface area contributed by atoms with Crippen LogP contribution in [0, 0.1) is 0 Å². The quantitative estimate of drug-likeness (QED) is 0.219. The Bertz CT molecular complexity index is 688. The minimum absolute atomic E-state index is 0. The summed E-state index contributed by atoms with van der Waals surface area (Å²) in [6.45, 7) is 2.10. The van der Waals surface area contributed by atoms with E-state index in [1.165, 1.54) is 11.8 Å². The number of carbonyl (C=O) groups excluding carboxylic acids is 1. The number of rotatable bonds is 7. The number of carbonyl (C=O) groups is 1. The van der Waals surface area contributed by atoms with Crippen LogP contribution in [0.2, 0.25) is 0 Å². The van der Waals surface area contributed by atoms with Crippen molar-refractivity contribution >= 4 is 41.5 Å². The van der Waals surface area contributed by atoms with Crippen LogP contribution in [0.15, 0.2) is 29.3 Å². The number of aliphatic imine (C=N–C) groups is 1. The molecule has 1 aromatic rings. The third kappa shape index (κ3) is 10.0. The van der Waals surface area contributed by atoms with Crippen molar-refractivity contribution in [2.75, 3.05) is 45.2 Å². The van der Waals surface area contributed by atoms with Crippen LogP contribution in [0.25, 0.3) is 0 Å². The number of likely N-dealkylation sites (tertiary alicyclic amines) is 1. The van der Waals surface area contributed by atoms with Gasteiger partial charge in [0, 0.05) is 44.9 Å². The van der Waals surface area contributed by atoms with E-state index in [2.05, 4.69) is 20.9 Å². The first-order chi connectivity index (χ1) is 13.2. The lowest BCUT2D eigenvalue weighted by molar-refractivity contribution is -0.143. The Balaban J connectivity index is 0.00000420. The Morgan fingerprint density at radius 3 is 2.79 bits per heavy atom. The lowest BCUT2D eigenvalue weighted by atomic mass is 10.3. The minimum atomic E-state index is -4.18. The molecule has 1 amide bonds. The molecule has 1 heterocycles. The number of halogens is 4. The highest BCUT2D eigenvalue weighted by molar-refractivity contribution is 14.0. The minimum Gasteiger partial charge on any atom is -0.492 e. The molecule has 1 aliphatic heterocycles. The number of alkyl halides is 3. The van der Waals surface area contributed by atoms with E-state index < -0.39 is 12.7 Å². The Kier molecular flexibility index (Phi) is 10.5. The third-order valence-electron chi connectivity index (χ3n) is 4.06. The monoisotopic (exact) mass is 529 g/mol. The Morgan fingerprint density at radius 2 is 2.14 bits per heavy atom. The van der Waals surface area contributed by atoms with Gasteiger partial charge in [-0.3, -0.25) is 14.7 Å². The third-order valence-corrected chi connectivity index (χ3v) is 4.06. The zero-order valence-electron chi connectivity index (χ0n) is 16.4. The molecule has 29 heavy (non-hydrogen) atoms. The molecule has 0 aromatic heterocycles. The highest BCUT2D eigenvalue weighted by atomic mass is 127. The van der Waals surface area contributed by atoms with Gasteiger partial charge in [0.1, 0.15) is 12.4 Å². The SMILES string of the molecule is CN=C(NCCOc1cccc(NC(C)=O)c1)NC1CCN(CC(F)(F)F)C1.I. The predicted octanol–water partition coefficient (Wildman–Crippen LogP) is 2.44. The number of hydrogen-bond acceptors (Lipinski definition) is 4. The van der Waals surface area contributed by atoms with E-state index in [9.17, 15) is 18.0 Å². The summed E-state index contributed by atoms with van der Waals surface area (Å²) in [5, 5.41) is 8.90. The molecule has 1 atom stereocenters. The van der Waals surface area contributed by atoms with Gasteiger partial charge in [-0.25, -0.2) is 0 Å². The fourth-order valence-electron chi connectivity index (χ4n) is 2.94. The lowest BCUT2D eigenvalue weighted by Gasteiger charge is -2.20. The van der Waals surface area contributed by atoms with Crippen LogP contribution < -0.4 is 20.7 Å². The van der Waals surface area contributed by atoms with Crippen LogP contribution in [-0.4, -0.2) is 68.8 Å². The summed E-state index contributed by atoms with van der Waals surface area (Å²) in [7, 11) is 1.61. The summed E-state index contributed by atoms with van der Waals surface area (Å²) < 4.78 is 43.0. The molecule has 2 rings (SSSR count). The van der Waals surface area contributed by atoms with E-state index >= 15 is 0 Å². The molecule has 1 aliphatic rings. The first kappa shape index (κ1) is 25.3. The number of guanidine groups is 1.